The Kier molecular flexibility index (Phi) is 3.97. The van der Waals surface area contributed by atoms with Gasteiger partial charge >= 0.3 is 0 Å². The molecule has 2 nitrogen and oxygen atoms in total. The molecule has 0 saturated carbocycles. The minimum atomic E-state index is 0.269. The van der Waals surface area contributed by atoms with Crippen molar-refractivity contribution in [1.82, 2.24) is 4.90 Å². The van der Waals surface area contributed by atoms with Crippen LogP contribution in [-0.4, -0.2) is 35.7 Å². The third-order valence-corrected chi connectivity index (χ3v) is 3.60. The first-order valence-electron chi connectivity index (χ1n) is 6.22. The highest BCUT2D eigenvalue weighted by Crippen LogP contribution is 2.22. The molecule has 1 aromatic rings. The lowest BCUT2D eigenvalue weighted by atomic mass is 9.93. The van der Waals surface area contributed by atoms with Crippen LogP contribution in [0.1, 0.15) is 18.9 Å². The van der Waals surface area contributed by atoms with Gasteiger partial charge in [-0.05, 0) is 17.9 Å². The van der Waals surface area contributed by atoms with Crippen molar-refractivity contribution < 1.29 is 5.11 Å². The van der Waals surface area contributed by atoms with Crippen molar-refractivity contribution in [2.24, 2.45) is 5.92 Å². The molecule has 1 aliphatic heterocycles. The van der Waals surface area contributed by atoms with Crippen LogP contribution in [0.15, 0.2) is 30.3 Å². The summed E-state index contributed by atoms with van der Waals surface area (Å²) in [6.07, 6.45) is 2.23. The van der Waals surface area contributed by atoms with Gasteiger partial charge in [-0.3, -0.25) is 4.90 Å². The van der Waals surface area contributed by atoms with E-state index in [-0.39, 0.29) is 6.61 Å². The Morgan fingerprint density at radius 2 is 2.00 bits per heavy atom. The van der Waals surface area contributed by atoms with Crippen LogP contribution in [0.5, 0.6) is 0 Å². The highest BCUT2D eigenvalue weighted by molar-refractivity contribution is 5.16. The van der Waals surface area contributed by atoms with Crippen LogP contribution in [-0.2, 0) is 6.42 Å². The van der Waals surface area contributed by atoms with Crippen LogP contribution in [0.2, 0.25) is 0 Å². The molecule has 1 heterocycles. The molecular weight excluding hydrogens is 198 g/mol. The predicted octanol–water partition coefficient (Wildman–Crippen LogP) is 1.93. The van der Waals surface area contributed by atoms with Gasteiger partial charge in [-0.2, -0.15) is 0 Å². The number of rotatable bonds is 5. The van der Waals surface area contributed by atoms with Gasteiger partial charge in [0.15, 0.2) is 0 Å². The SMILES string of the molecule is CCC1CN([C@@H](CO)Cc2ccccc2)C1. The fraction of sp³-hybridized carbons (Fsp3) is 0.571. The summed E-state index contributed by atoms with van der Waals surface area (Å²) in [5.74, 6) is 0.852. The van der Waals surface area contributed by atoms with Crippen molar-refractivity contribution >= 4 is 0 Å². The zero-order valence-electron chi connectivity index (χ0n) is 9.97. The van der Waals surface area contributed by atoms with Crippen molar-refractivity contribution in [2.45, 2.75) is 25.8 Å². The normalized spacial score (nSPS) is 19.4. The number of benzene rings is 1. The molecule has 0 unspecified atom stereocenters. The van der Waals surface area contributed by atoms with Crippen molar-refractivity contribution in [2.75, 3.05) is 19.7 Å². The smallest absolute Gasteiger partial charge is 0.0590 e. The van der Waals surface area contributed by atoms with E-state index in [1.165, 1.54) is 12.0 Å². The molecule has 1 aliphatic rings. The second kappa shape index (κ2) is 5.46. The Bertz CT molecular complexity index is 306. The van der Waals surface area contributed by atoms with Crippen molar-refractivity contribution in [1.29, 1.82) is 0 Å². The fourth-order valence-electron chi connectivity index (χ4n) is 2.36. The first-order valence-corrected chi connectivity index (χ1v) is 6.22. The summed E-state index contributed by atoms with van der Waals surface area (Å²) in [5.41, 5.74) is 1.32. The Morgan fingerprint density at radius 1 is 1.31 bits per heavy atom. The first kappa shape index (κ1) is 11.6. The van der Waals surface area contributed by atoms with E-state index in [0.717, 1.165) is 25.4 Å². The Labute approximate surface area is 97.9 Å². The third kappa shape index (κ3) is 2.63. The van der Waals surface area contributed by atoms with E-state index in [2.05, 4.69) is 36.1 Å². The Hall–Kier alpha value is -0.860. The zero-order chi connectivity index (χ0) is 11.4. The summed E-state index contributed by atoms with van der Waals surface area (Å²) < 4.78 is 0. The van der Waals surface area contributed by atoms with Gasteiger partial charge in [-0.25, -0.2) is 0 Å². The lowest BCUT2D eigenvalue weighted by Crippen LogP contribution is -2.53. The number of hydrogen-bond acceptors (Lipinski definition) is 2. The zero-order valence-corrected chi connectivity index (χ0v) is 9.97. The van der Waals surface area contributed by atoms with E-state index in [4.69, 9.17) is 0 Å². The molecular formula is C14H21NO. The summed E-state index contributed by atoms with van der Waals surface area (Å²) in [5, 5.41) is 9.44. The maximum atomic E-state index is 9.44. The van der Waals surface area contributed by atoms with E-state index >= 15 is 0 Å². The van der Waals surface area contributed by atoms with Gasteiger partial charge in [0.1, 0.15) is 0 Å². The number of likely N-dealkylation sites (tertiary alicyclic amines) is 1. The average molecular weight is 219 g/mol. The molecule has 0 amide bonds. The minimum absolute atomic E-state index is 0.269. The standard InChI is InChI=1S/C14H21NO/c1-2-12-9-15(10-12)14(11-16)8-13-6-4-3-5-7-13/h3-7,12,14,16H,2,8-11H2,1H3/t14-/m1/s1. The van der Waals surface area contributed by atoms with Crippen LogP contribution in [0.25, 0.3) is 0 Å². The van der Waals surface area contributed by atoms with E-state index < -0.39 is 0 Å². The highest BCUT2D eigenvalue weighted by Gasteiger charge is 2.30. The molecule has 0 aliphatic carbocycles. The number of aliphatic hydroxyl groups excluding tert-OH is 1. The summed E-state index contributed by atoms with van der Waals surface area (Å²) in [4.78, 5) is 2.40. The molecule has 1 atom stereocenters. The lowest BCUT2D eigenvalue weighted by Gasteiger charge is -2.43. The van der Waals surface area contributed by atoms with Gasteiger partial charge in [0.25, 0.3) is 0 Å². The predicted molar refractivity (Wildman–Crippen MR) is 66.4 cm³/mol. The van der Waals surface area contributed by atoms with E-state index in [1.54, 1.807) is 0 Å². The minimum Gasteiger partial charge on any atom is -0.395 e. The van der Waals surface area contributed by atoms with Crippen molar-refractivity contribution in [3.05, 3.63) is 35.9 Å². The summed E-state index contributed by atoms with van der Waals surface area (Å²) in [7, 11) is 0. The molecule has 1 N–H and O–H groups in total. The largest absolute Gasteiger partial charge is 0.395 e. The molecule has 1 fully saturated rings. The van der Waals surface area contributed by atoms with Gasteiger partial charge in [-0.15, -0.1) is 0 Å². The van der Waals surface area contributed by atoms with Crippen LogP contribution in [0.3, 0.4) is 0 Å². The molecule has 88 valence electrons. The van der Waals surface area contributed by atoms with Gasteiger partial charge in [0.2, 0.25) is 0 Å². The maximum Gasteiger partial charge on any atom is 0.0590 e. The average Bonchev–Trinajstić information content (AvgIpc) is 2.27. The second-order valence-corrected chi connectivity index (χ2v) is 4.75. The molecule has 0 aromatic heterocycles. The number of aliphatic hydroxyl groups is 1. The molecule has 0 spiro atoms. The molecule has 0 bridgehead atoms. The fourth-order valence-corrected chi connectivity index (χ4v) is 2.36. The highest BCUT2D eigenvalue weighted by atomic mass is 16.3. The maximum absolute atomic E-state index is 9.44. The van der Waals surface area contributed by atoms with E-state index in [0.29, 0.717) is 6.04 Å². The Morgan fingerprint density at radius 3 is 2.56 bits per heavy atom. The number of nitrogens with zero attached hydrogens (tertiary/aromatic N) is 1. The molecule has 0 radical (unpaired) electrons. The lowest BCUT2D eigenvalue weighted by molar-refractivity contribution is 0.0229. The van der Waals surface area contributed by atoms with Gasteiger partial charge < -0.3 is 5.11 Å². The van der Waals surface area contributed by atoms with Crippen molar-refractivity contribution in [3.63, 3.8) is 0 Å². The molecule has 16 heavy (non-hydrogen) atoms. The Balaban J connectivity index is 1.87. The monoisotopic (exact) mass is 219 g/mol. The quantitative estimate of drug-likeness (QED) is 0.818. The molecule has 2 rings (SSSR count). The van der Waals surface area contributed by atoms with Crippen LogP contribution < -0.4 is 0 Å². The van der Waals surface area contributed by atoms with Gasteiger partial charge in [0, 0.05) is 19.1 Å². The molecule has 2 heteroatoms. The summed E-state index contributed by atoms with van der Waals surface area (Å²) in [6, 6.07) is 10.8. The third-order valence-electron chi connectivity index (χ3n) is 3.60. The summed E-state index contributed by atoms with van der Waals surface area (Å²) >= 11 is 0. The molecule has 1 saturated heterocycles. The van der Waals surface area contributed by atoms with Gasteiger partial charge in [0.05, 0.1) is 6.61 Å². The van der Waals surface area contributed by atoms with E-state index in [1.807, 2.05) is 6.07 Å². The first-order chi connectivity index (χ1) is 7.83. The topological polar surface area (TPSA) is 23.5 Å². The second-order valence-electron chi connectivity index (χ2n) is 4.75. The van der Waals surface area contributed by atoms with Gasteiger partial charge in [-0.1, -0.05) is 43.7 Å². The van der Waals surface area contributed by atoms with Crippen LogP contribution in [0, 0.1) is 5.92 Å². The van der Waals surface area contributed by atoms with Crippen molar-refractivity contribution in [3.8, 4) is 0 Å². The van der Waals surface area contributed by atoms with Crippen LogP contribution >= 0.6 is 0 Å². The molecule has 1 aromatic carbocycles. The van der Waals surface area contributed by atoms with E-state index in [9.17, 15) is 5.11 Å². The van der Waals surface area contributed by atoms with Crippen LogP contribution in [0.4, 0.5) is 0 Å². The summed E-state index contributed by atoms with van der Waals surface area (Å²) in [6.45, 7) is 4.83. The number of hydrogen-bond donors (Lipinski definition) is 1.